The molecule has 8 heteroatoms. The molecule has 122 valence electrons. The zero-order chi connectivity index (χ0) is 16.0. The van der Waals surface area contributed by atoms with Gasteiger partial charge >= 0.3 is 0 Å². The fourth-order valence-corrected chi connectivity index (χ4v) is 3.13. The monoisotopic (exact) mass is 319 g/mol. The lowest BCUT2D eigenvalue weighted by Crippen LogP contribution is -2.29. The molecule has 1 saturated heterocycles. The summed E-state index contributed by atoms with van der Waals surface area (Å²) in [6.07, 6.45) is 3.48. The number of aryl methyl sites for hydroxylation is 1. The van der Waals surface area contributed by atoms with Crippen molar-refractivity contribution in [3.8, 4) is 0 Å². The zero-order valence-corrected chi connectivity index (χ0v) is 12.8. The summed E-state index contributed by atoms with van der Waals surface area (Å²) >= 11 is 0. The molecule has 0 spiro atoms. The minimum absolute atomic E-state index is 0.160. The number of carbonyl (C=O) groups is 1. The number of oxazole rings is 1. The highest BCUT2D eigenvalue weighted by molar-refractivity contribution is 5.92. The van der Waals surface area contributed by atoms with Crippen LogP contribution >= 0.6 is 0 Å². The molecule has 0 bridgehead atoms. The van der Waals surface area contributed by atoms with Gasteiger partial charge in [0.25, 0.3) is 5.91 Å². The average molecular weight is 319 g/mol. The van der Waals surface area contributed by atoms with Gasteiger partial charge in [0, 0.05) is 30.8 Å². The Hall–Kier alpha value is -2.25. The molecule has 2 aliphatic rings. The zero-order valence-electron chi connectivity index (χ0n) is 12.8. The first-order valence-corrected chi connectivity index (χ1v) is 7.85. The van der Waals surface area contributed by atoms with E-state index in [0.29, 0.717) is 30.5 Å². The number of likely N-dealkylation sites (tertiary alicyclic amines) is 1. The van der Waals surface area contributed by atoms with Crippen molar-refractivity contribution in [3.63, 3.8) is 0 Å². The van der Waals surface area contributed by atoms with Gasteiger partial charge in [-0.15, -0.1) is 0 Å². The Morgan fingerprint density at radius 3 is 2.96 bits per heavy atom. The van der Waals surface area contributed by atoms with Crippen LogP contribution < -0.4 is 0 Å². The van der Waals surface area contributed by atoms with E-state index < -0.39 is 6.67 Å². The number of rotatable bonds is 4. The average Bonchev–Trinajstić information content (AvgIpc) is 2.99. The molecule has 7 nitrogen and oxygen atoms in total. The van der Waals surface area contributed by atoms with E-state index in [1.54, 1.807) is 11.8 Å². The van der Waals surface area contributed by atoms with E-state index in [9.17, 15) is 9.18 Å². The van der Waals surface area contributed by atoms with Gasteiger partial charge in [-0.25, -0.2) is 9.97 Å². The SMILES string of the molecule is Cc1ncoc1C(=O)N1C[C@H](CF)[C@H](c2nc(C3CC3)n[nH]2)C1. The molecule has 0 aromatic carbocycles. The van der Waals surface area contributed by atoms with E-state index in [1.165, 1.54) is 6.39 Å². The van der Waals surface area contributed by atoms with Crippen molar-refractivity contribution < 1.29 is 13.6 Å². The van der Waals surface area contributed by atoms with Gasteiger partial charge in [0.05, 0.1) is 12.4 Å². The Morgan fingerprint density at radius 2 is 2.30 bits per heavy atom. The second-order valence-corrected chi connectivity index (χ2v) is 6.35. The number of nitrogens with zero attached hydrogens (tertiary/aromatic N) is 4. The number of carbonyl (C=O) groups excluding carboxylic acids is 1. The maximum Gasteiger partial charge on any atom is 0.291 e. The lowest BCUT2D eigenvalue weighted by molar-refractivity contribution is 0.0752. The molecule has 0 radical (unpaired) electrons. The van der Waals surface area contributed by atoms with Crippen molar-refractivity contribution in [1.82, 2.24) is 25.1 Å². The van der Waals surface area contributed by atoms with Gasteiger partial charge in [0.15, 0.2) is 12.2 Å². The van der Waals surface area contributed by atoms with Crippen LogP contribution in [0.25, 0.3) is 0 Å². The third-order valence-electron chi connectivity index (χ3n) is 4.68. The second kappa shape index (κ2) is 5.43. The molecule has 4 rings (SSSR count). The molecule has 1 amide bonds. The maximum absolute atomic E-state index is 13.4. The molecule has 3 heterocycles. The van der Waals surface area contributed by atoms with Crippen LogP contribution in [0.15, 0.2) is 10.8 Å². The predicted octanol–water partition coefficient (Wildman–Crippen LogP) is 1.80. The van der Waals surface area contributed by atoms with Gasteiger partial charge in [-0.3, -0.25) is 14.3 Å². The van der Waals surface area contributed by atoms with Gasteiger partial charge in [-0.1, -0.05) is 0 Å². The van der Waals surface area contributed by atoms with E-state index >= 15 is 0 Å². The standard InChI is InChI=1S/C15H18FN5O2/c1-8-12(23-7-17-8)15(22)21-5-10(4-16)11(6-21)14-18-13(19-20-14)9-2-3-9/h7,9-11H,2-6H2,1H3,(H,18,19,20)/t10-,11+/m0/s1. The Morgan fingerprint density at radius 1 is 1.48 bits per heavy atom. The van der Waals surface area contributed by atoms with E-state index in [4.69, 9.17) is 4.42 Å². The molecule has 1 aliphatic carbocycles. The summed E-state index contributed by atoms with van der Waals surface area (Å²) in [4.78, 5) is 22.6. The number of alkyl halides is 1. The Bertz CT molecular complexity index is 723. The molecule has 2 fully saturated rings. The highest BCUT2D eigenvalue weighted by Gasteiger charge is 2.40. The Labute approximate surface area is 132 Å². The van der Waals surface area contributed by atoms with Crippen LogP contribution in [0.1, 0.15) is 52.6 Å². The first-order chi connectivity index (χ1) is 11.2. The number of hydrogen-bond donors (Lipinski definition) is 1. The van der Waals surface area contributed by atoms with Crippen molar-refractivity contribution >= 4 is 5.91 Å². The molecule has 2 atom stereocenters. The predicted molar refractivity (Wildman–Crippen MR) is 77.7 cm³/mol. The molecular weight excluding hydrogens is 301 g/mol. The highest BCUT2D eigenvalue weighted by atomic mass is 19.1. The quantitative estimate of drug-likeness (QED) is 0.928. The molecule has 23 heavy (non-hydrogen) atoms. The van der Waals surface area contributed by atoms with E-state index in [-0.39, 0.29) is 23.5 Å². The number of amides is 1. The van der Waals surface area contributed by atoms with Gasteiger partial charge in [0.1, 0.15) is 5.82 Å². The summed E-state index contributed by atoms with van der Waals surface area (Å²) in [5.41, 5.74) is 0.547. The first kappa shape index (κ1) is 14.3. The van der Waals surface area contributed by atoms with Crippen LogP contribution in [-0.2, 0) is 0 Å². The van der Waals surface area contributed by atoms with E-state index in [2.05, 4.69) is 20.2 Å². The van der Waals surface area contributed by atoms with Crippen LogP contribution in [0.3, 0.4) is 0 Å². The van der Waals surface area contributed by atoms with Crippen LogP contribution in [0.4, 0.5) is 4.39 Å². The smallest absolute Gasteiger partial charge is 0.291 e. The lowest BCUT2D eigenvalue weighted by atomic mass is 9.97. The normalized spacial score (nSPS) is 24.3. The third-order valence-corrected chi connectivity index (χ3v) is 4.68. The van der Waals surface area contributed by atoms with Crippen LogP contribution in [-0.4, -0.2) is 50.7 Å². The topological polar surface area (TPSA) is 87.9 Å². The first-order valence-electron chi connectivity index (χ1n) is 7.85. The number of halogens is 1. The number of nitrogens with one attached hydrogen (secondary N) is 1. The number of aromatic nitrogens is 4. The van der Waals surface area contributed by atoms with E-state index in [0.717, 1.165) is 18.7 Å². The van der Waals surface area contributed by atoms with Crippen LogP contribution in [0.2, 0.25) is 0 Å². The highest BCUT2D eigenvalue weighted by Crippen LogP contribution is 2.39. The van der Waals surface area contributed by atoms with Crippen molar-refractivity contribution in [2.24, 2.45) is 5.92 Å². The largest absolute Gasteiger partial charge is 0.438 e. The summed E-state index contributed by atoms with van der Waals surface area (Å²) in [6.45, 7) is 1.98. The minimum atomic E-state index is -0.497. The lowest BCUT2D eigenvalue weighted by Gasteiger charge is -2.14. The van der Waals surface area contributed by atoms with Gasteiger partial charge < -0.3 is 9.32 Å². The van der Waals surface area contributed by atoms with Crippen LogP contribution in [0, 0.1) is 12.8 Å². The molecule has 2 aromatic rings. The summed E-state index contributed by atoms with van der Waals surface area (Å²) < 4.78 is 18.6. The van der Waals surface area contributed by atoms with Gasteiger partial charge in [0.2, 0.25) is 5.76 Å². The molecule has 2 aromatic heterocycles. The molecular formula is C15H18FN5O2. The third kappa shape index (κ3) is 2.51. The van der Waals surface area contributed by atoms with Crippen molar-refractivity contribution in [3.05, 3.63) is 29.5 Å². The summed E-state index contributed by atoms with van der Waals surface area (Å²) in [5, 5.41) is 7.17. The molecule has 0 unspecified atom stereocenters. The summed E-state index contributed by atoms with van der Waals surface area (Å²) in [6, 6.07) is 0. The summed E-state index contributed by atoms with van der Waals surface area (Å²) in [7, 11) is 0. The van der Waals surface area contributed by atoms with Crippen LogP contribution in [0.5, 0.6) is 0 Å². The molecule has 1 N–H and O–H groups in total. The fraction of sp³-hybridized carbons (Fsp3) is 0.600. The second-order valence-electron chi connectivity index (χ2n) is 6.35. The minimum Gasteiger partial charge on any atom is -0.438 e. The van der Waals surface area contributed by atoms with Crippen molar-refractivity contribution in [2.45, 2.75) is 31.6 Å². The number of hydrogen-bond acceptors (Lipinski definition) is 5. The Balaban J connectivity index is 1.54. The molecule has 1 aliphatic heterocycles. The Kier molecular flexibility index (Phi) is 3.39. The maximum atomic E-state index is 13.4. The summed E-state index contributed by atoms with van der Waals surface area (Å²) in [5.74, 6) is 1.48. The van der Waals surface area contributed by atoms with Crippen molar-refractivity contribution in [1.29, 1.82) is 0 Å². The van der Waals surface area contributed by atoms with Crippen molar-refractivity contribution in [2.75, 3.05) is 19.8 Å². The number of aromatic amines is 1. The fourth-order valence-electron chi connectivity index (χ4n) is 3.13. The number of H-pyrrole nitrogens is 1. The van der Waals surface area contributed by atoms with Gasteiger partial charge in [-0.05, 0) is 19.8 Å². The molecule has 1 saturated carbocycles. The van der Waals surface area contributed by atoms with Gasteiger partial charge in [-0.2, -0.15) is 5.10 Å². The van der Waals surface area contributed by atoms with E-state index in [1.807, 2.05) is 0 Å².